The summed E-state index contributed by atoms with van der Waals surface area (Å²) in [5.74, 6) is -1.000. The SMILES string of the molecule is CCOC(=O)c1noc([C@@H](Cc2ccc3ccccc3c2)N(C)C(=O)[C@H](N)Cc2ccc3ccccc3c2)n1. The van der Waals surface area contributed by atoms with Crippen LogP contribution in [0.4, 0.5) is 0 Å². The number of rotatable bonds is 9. The molecule has 5 aromatic rings. The zero-order valence-corrected chi connectivity index (χ0v) is 21.9. The number of nitrogens with two attached hydrogens (primary N) is 1. The number of amides is 1. The molecule has 1 heterocycles. The molecule has 0 fully saturated rings. The second-order valence-electron chi connectivity index (χ2n) is 9.52. The summed E-state index contributed by atoms with van der Waals surface area (Å²) >= 11 is 0. The molecule has 8 nitrogen and oxygen atoms in total. The second-order valence-corrected chi connectivity index (χ2v) is 9.52. The number of ether oxygens (including phenoxy) is 1. The molecule has 0 radical (unpaired) electrons. The van der Waals surface area contributed by atoms with E-state index in [-0.39, 0.29) is 24.2 Å². The van der Waals surface area contributed by atoms with E-state index >= 15 is 0 Å². The maximum absolute atomic E-state index is 13.6. The van der Waals surface area contributed by atoms with Gasteiger partial charge in [-0.3, -0.25) is 4.79 Å². The fourth-order valence-corrected chi connectivity index (χ4v) is 4.75. The van der Waals surface area contributed by atoms with Crippen LogP contribution in [0.2, 0.25) is 0 Å². The second kappa shape index (κ2) is 11.4. The van der Waals surface area contributed by atoms with E-state index in [1.807, 2.05) is 72.8 Å². The maximum atomic E-state index is 13.6. The molecular formula is C31H30N4O4. The number of nitrogens with zero attached hydrogens (tertiary/aromatic N) is 3. The number of esters is 1. The molecule has 0 aliphatic heterocycles. The first-order chi connectivity index (χ1) is 18.9. The van der Waals surface area contributed by atoms with Crippen LogP contribution in [0.3, 0.4) is 0 Å². The molecule has 1 amide bonds. The normalized spacial score (nSPS) is 12.8. The van der Waals surface area contributed by atoms with E-state index in [0.29, 0.717) is 12.8 Å². The number of hydrogen-bond donors (Lipinski definition) is 1. The van der Waals surface area contributed by atoms with Crippen LogP contribution in [-0.2, 0) is 22.4 Å². The van der Waals surface area contributed by atoms with Gasteiger partial charge in [-0.2, -0.15) is 4.98 Å². The van der Waals surface area contributed by atoms with Gasteiger partial charge in [0.2, 0.25) is 11.8 Å². The van der Waals surface area contributed by atoms with Gasteiger partial charge in [0.1, 0.15) is 6.04 Å². The van der Waals surface area contributed by atoms with E-state index < -0.39 is 18.1 Å². The van der Waals surface area contributed by atoms with Crippen LogP contribution < -0.4 is 5.73 Å². The summed E-state index contributed by atoms with van der Waals surface area (Å²) in [4.78, 5) is 31.6. The fourth-order valence-electron chi connectivity index (χ4n) is 4.75. The monoisotopic (exact) mass is 522 g/mol. The largest absolute Gasteiger partial charge is 0.460 e. The van der Waals surface area contributed by atoms with Crippen molar-refractivity contribution in [1.82, 2.24) is 15.0 Å². The summed E-state index contributed by atoms with van der Waals surface area (Å²) in [6.07, 6.45) is 0.759. The van der Waals surface area contributed by atoms with Crippen molar-refractivity contribution in [2.45, 2.75) is 31.8 Å². The molecular weight excluding hydrogens is 492 g/mol. The maximum Gasteiger partial charge on any atom is 0.379 e. The summed E-state index contributed by atoms with van der Waals surface area (Å²) < 4.78 is 10.5. The Labute approximate surface area is 226 Å². The van der Waals surface area contributed by atoms with Gasteiger partial charge in [-0.25, -0.2) is 4.79 Å². The van der Waals surface area contributed by atoms with Gasteiger partial charge in [0.05, 0.1) is 12.6 Å². The van der Waals surface area contributed by atoms with Crippen LogP contribution in [0.5, 0.6) is 0 Å². The summed E-state index contributed by atoms with van der Waals surface area (Å²) in [5, 5.41) is 8.21. The fraction of sp³-hybridized carbons (Fsp3) is 0.226. The Balaban J connectivity index is 1.41. The zero-order chi connectivity index (χ0) is 27.4. The Kier molecular flexibility index (Phi) is 7.65. The lowest BCUT2D eigenvalue weighted by Gasteiger charge is -2.28. The van der Waals surface area contributed by atoms with E-state index in [0.717, 1.165) is 32.7 Å². The Hall–Kier alpha value is -4.56. The molecule has 0 bridgehead atoms. The van der Waals surface area contributed by atoms with Crippen molar-refractivity contribution in [3.63, 3.8) is 0 Å². The van der Waals surface area contributed by atoms with Gasteiger partial charge in [-0.1, -0.05) is 84.9 Å². The minimum atomic E-state index is -0.789. The van der Waals surface area contributed by atoms with Gasteiger partial charge in [-0.05, 0) is 51.2 Å². The minimum absolute atomic E-state index is 0.139. The highest BCUT2D eigenvalue weighted by molar-refractivity contribution is 5.86. The molecule has 5 rings (SSSR count). The molecule has 0 spiro atoms. The van der Waals surface area contributed by atoms with Gasteiger partial charge >= 0.3 is 5.97 Å². The molecule has 0 aliphatic carbocycles. The first-order valence-electron chi connectivity index (χ1n) is 12.9. The van der Waals surface area contributed by atoms with Crippen LogP contribution in [0, 0.1) is 0 Å². The van der Waals surface area contributed by atoms with Gasteiger partial charge in [0.25, 0.3) is 5.82 Å². The third kappa shape index (κ3) is 5.81. The number of hydrogen-bond acceptors (Lipinski definition) is 7. The summed E-state index contributed by atoms with van der Waals surface area (Å²) in [6, 6.07) is 26.9. The standard InChI is InChI=1S/C31H30N4O4/c1-3-38-31(37)28-33-29(39-34-28)27(19-21-13-15-23-9-5-7-11-25(23)17-21)35(2)30(36)26(32)18-20-12-14-22-8-4-6-10-24(22)16-20/h4-17,26-27H,3,18-19,32H2,1-2H3/t26-,27-/m1/s1. The molecule has 1 aromatic heterocycles. The average Bonchev–Trinajstić information content (AvgIpc) is 3.45. The van der Waals surface area contributed by atoms with Crippen molar-refractivity contribution in [3.05, 3.63) is 108 Å². The van der Waals surface area contributed by atoms with Crippen molar-refractivity contribution in [2.75, 3.05) is 13.7 Å². The molecule has 198 valence electrons. The molecule has 39 heavy (non-hydrogen) atoms. The first kappa shape index (κ1) is 26.1. The summed E-state index contributed by atoms with van der Waals surface area (Å²) in [7, 11) is 1.67. The van der Waals surface area contributed by atoms with E-state index in [1.54, 1.807) is 14.0 Å². The third-order valence-electron chi connectivity index (χ3n) is 6.83. The van der Waals surface area contributed by atoms with Crippen molar-refractivity contribution >= 4 is 33.4 Å². The number of carbonyl (C=O) groups excluding carboxylic acids is 2. The molecule has 4 aromatic carbocycles. The van der Waals surface area contributed by atoms with Crippen molar-refractivity contribution in [3.8, 4) is 0 Å². The number of benzene rings is 4. The highest BCUT2D eigenvalue weighted by Gasteiger charge is 2.31. The van der Waals surface area contributed by atoms with Crippen LogP contribution in [0.1, 0.15) is 40.6 Å². The predicted molar refractivity (Wildman–Crippen MR) is 149 cm³/mol. The summed E-state index contributed by atoms with van der Waals surface area (Å²) in [6.45, 7) is 1.88. The Bertz CT molecular complexity index is 1630. The quantitative estimate of drug-likeness (QED) is 0.275. The van der Waals surface area contributed by atoms with Crippen molar-refractivity contribution in [1.29, 1.82) is 0 Å². The number of likely N-dealkylation sites (N-methyl/N-ethyl adjacent to an activating group) is 1. The van der Waals surface area contributed by atoms with Crippen molar-refractivity contribution < 1.29 is 18.8 Å². The van der Waals surface area contributed by atoms with Gasteiger partial charge in [-0.15, -0.1) is 0 Å². The van der Waals surface area contributed by atoms with Crippen LogP contribution in [0.15, 0.2) is 89.5 Å². The van der Waals surface area contributed by atoms with Gasteiger partial charge < -0.3 is 19.9 Å². The molecule has 0 unspecified atom stereocenters. The lowest BCUT2D eigenvalue weighted by Crippen LogP contribution is -2.45. The van der Waals surface area contributed by atoms with E-state index in [9.17, 15) is 9.59 Å². The highest BCUT2D eigenvalue weighted by atomic mass is 16.5. The first-order valence-corrected chi connectivity index (χ1v) is 12.9. The number of fused-ring (bicyclic) bond motifs is 2. The minimum Gasteiger partial charge on any atom is -0.460 e. The number of carbonyl (C=O) groups is 2. The van der Waals surface area contributed by atoms with E-state index in [1.165, 1.54) is 4.90 Å². The van der Waals surface area contributed by atoms with Crippen molar-refractivity contribution in [2.24, 2.45) is 5.73 Å². The molecule has 2 atom stereocenters. The predicted octanol–water partition coefficient (Wildman–Crippen LogP) is 4.86. The Morgan fingerprint density at radius 1 is 0.872 bits per heavy atom. The molecule has 8 heteroatoms. The van der Waals surface area contributed by atoms with Gasteiger partial charge in [0, 0.05) is 13.5 Å². The lowest BCUT2D eigenvalue weighted by atomic mass is 9.99. The van der Waals surface area contributed by atoms with Crippen LogP contribution in [-0.4, -0.2) is 46.6 Å². The topological polar surface area (TPSA) is 112 Å². The zero-order valence-electron chi connectivity index (χ0n) is 21.9. The van der Waals surface area contributed by atoms with Crippen LogP contribution >= 0.6 is 0 Å². The summed E-state index contributed by atoms with van der Waals surface area (Å²) in [5.41, 5.74) is 8.38. The molecule has 2 N–H and O–H groups in total. The Morgan fingerprint density at radius 2 is 1.44 bits per heavy atom. The smallest absolute Gasteiger partial charge is 0.379 e. The highest BCUT2D eigenvalue weighted by Crippen LogP contribution is 2.26. The third-order valence-corrected chi connectivity index (χ3v) is 6.83. The number of aromatic nitrogens is 2. The molecule has 0 aliphatic rings. The van der Waals surface area contributed by atoms with Gasteiger partial charge in [0.15, 0.2) is 0 Å². The van der Waals surface area contributed by atoms with E-state index in [2.05, 4.69) is 22.3 Å². The molecule has 0 saturated heterocycles. The average molecular weight is 523 g/mol. The Morgan fingerprint density at radius 3 is 2.03 bits per heavy atom. The molecule has 0 saturated carbocycles. The van der Waals surface area contributed by atoms with E-state index in [4.69, 9.17) is 15.0 Å². The lowest BCUT2D eigenvalue weighted by molar-refractivity contribution is -0.134. The van der Waals surface area contributed by atoms with Crippen LogP contribution in [0.25, 0.3) is 21.5 Å².